The van der Waals surface area contributed by atoms with Crippen LogP contribution in [0, 0.1) is 5.41 Å². The van der Waals surface area contributed by atoms with E-state index in [-0.39, 0.29) is 23.5 Å². The van der Waals surface area contributed by atoms with Crippen LogP contribution in [0.4, 0.5) is 17.2 Å². The Morgan fingerprint density at radius 3 is 2.74 bits per heavy atom. The molecule has 12 heteroatoms. The maximum atomic E-state index is 14.0. The van der Waals surface area contributed by atoms with Crippen molar-refractivity contribution in [2.75, 3.05) is 23.4 Å². The summed E-state index contributed by atoms with van der Waals surface area (Å²) in [6.45, 7) is 5.96. The van der Waals surface area contributed by atoms with Gasteiger partial charge in [0, 0.05) is 48.7 Å². The fraction of sp³-hybridized carbons (Fsp3) is 0.333. The second-order valence-electron chi connectivity index (χ2n) is 11.7. The molecule has 2 aliphatic rings. The molecule has 1 aliphatic carbocycles. The Kier molecular flexibility index (Phi) is 7.17. The minimum Gasteiger partial charge on any atom is -0.336 e. The zero-order valence-corrected chi connectivity index (χ0v) is 25.6. The molecule has 0 radical (unpaired) electrons. The summed E-state index contributed by atoms with van der Waals surface area (Å²) in [6, 6.07) is 8.91. The van der Waals surface area contributed by atoms with Gasteiger partial charge < -0.3 is 24.2 Å². The Labute approximate surface area is 247 Å². The number of amides is 1. The monoisotopic (exact) mass is 605 g/mol. The molecule has 0 saturated carbocycles. The largest absolute Gasteiger partial charge is 0.336 e. The minimum atomic E-state index is -3.84. The van der Waals surface area contributed by atoms with Crippen molar-refractivity contribution in [3.05, 3.63) is 85.9 Å². The van der Waals surface area contributed by atoms with Gasteiger partial charge in [-0.1, -0.05) is 26.0 Å². The van der Waals surface area contributed by atoms with E-state index in [1.54, 1.807) is 47.8 Å². The summed E-state index contributed by atoms with van der Waals surface area (Å²) in [5.41, 5.74) is 5.30. The van der Waals surface area contributed by atoms with Gasteiger partial charge >= 0.3 is 7.60 Å². The van der Waals surface area contributed by atoms with Crippen LogP contribution in [0.2, 0.25) is 0 Å². The summed E-state index contributed by atoms with van der Waals surface area (Å²) in [4.78, 5) is 48.9. The zero-order valence-electron chi connectivity index (χ0n) is 23.9. The summed E-state index contributed by atoms with van der Waals surface area (Å²) in [6.07, 6.45) is 7.36. The Hall–Kier alpha value is -3.63. The molecule has 3 aromatic heterocycles. The number of hydrogen-bond donors (Lipinski definition) is 2. The van der Waals surface area contributed by atoms with Crippen molar-refractivity contribution in [3.63, 3.8) is 0 Å². The molecule has 2 N–H and O–H groups in total. The summed E-state index contributed by atoms with van der Waals surface area (Å²) in [7, 11) is -2.19. The Morgan fingerprint density at radius 1 is 1.19 bits per heavy atom. The number of anilines is 3. The summed E-state index contributed by atoms with van der Waals surface area (Å²) in [5.74, 6) is 0.395. The predicted octanol–water partition coefficient (Wildman–Crippen LogP) is 5.31. The van der Waals surface area contributed by atoms with E-state index in [4.69, 9.17) is 4.52 Å². The Morgan fingerprint density at radius 2 is 2.00 bits per heavy atom. The Balaban J connectivity index is 1.43. The Bertz CT molecular complexity index is 1810. The quantitative estimate of drug-likeness (QED) is 0.272. The number of aryl methyl sites for hydroxylation is 1. The molecular weight excluding hydrogens is 573 g/mol. The van der Waals surface area contributed by atoms with Crippen molar-refractivity contribution >= 4 is 42.0 Å². The van der Waals surface area contributed by atoms with Crippen LogP contribution < -0.4 is 15.8 Å². The molecule has 4 heterocycles. The van der Waals surface area contributed by atoms with Crippen molar-refractivity contribution < 1.29 is 18.8 Å². The van der Waals surface area contributed by atoms with Crippen molar-refractivity contribution in [1.82, 2.24) is 14.5 Å². The molecule has 1 unspecified atom stereocenters. The molecule has 42 heavy (non-hydrogen) atoms. The number of fused-ring (bicyclic) bond motifs is 3. The molecule has 10 nitrogen and oxygen atoms in total. The number of carbonyl (C=O) groups excluding carboxylic acids is 1. The van der Waals surface area contributed by atoms with E-state index in [1.807, 2.05) is 18.2 Å². The van der Waals surface area contributed by atoms with E-state index >= 15 is 0 Å². The minimum absolute atomic E-state index is 0.0675. The predicted molar refractivity (Wildman–Crippen MR) is 164 cm³/mol. The summed E-state index contributed by atoms with van der Waals surface area (Å²) in [5, 5.41) is 3.06. The topological polar surface area (TPSA) is 127 Å². The smallest absolute Gasteiger partial charge is 0.325 e. The van der Waals surface area contributed by atoms with E-state index in [9.17, 15) is 19.0 Å². The van der Waals surface area contributed by atoms with Gasteiger partial charge in [-0.3, -0.25) is 14.2 Å². The number of nitrogens with one attached hydrogen (secondary N) is 1. The molecule has 1 aromatic carbocycles. The number of nitrogens with zero attached hydrogens (tertiary/aromatic N) is 4. The van der Waals surface area contributed by atoms with Crippen LogP contribution in [0.1, 0.15) is 45.1 Å². The van der Waals surface area contributed by atoms with E-state index in [1.165, 1.54) is 26.9 Å². The van der Waals surface area contributed by atoms with Gasteiger partial charge in [-0.15, -0.1) is 11.3 Å². The number of thiophene rings is 1. The summed E-state index contributed by atoms with van der Waals surface area (Å²) >= 11 is 1.60. The van der Waals surface area contributed by atoms with Crippen LogP contribution in [-0.4, -0.2) is 38.5 Å². The molecule has 1 amide bonds. The second kappa shape index (κ2) is 10.6. The van der Waals surface area contributed by atoms with Gasteiger partial charge in [-0.2, -0.15) is 0 Å². The van der Waals surface area contributed by atoms with E-state index in [0.717, 1.165) is 30.8 Å². The van der Waals surface area contributed by atoms with Gasteiger partial charge in [-0.05, 0) is 59.6 Å². The van der Waals surface area contributed by atoms with Crippen molar-refractivity contribution in [2.45, 2.75) is 39.7 Å². The van der Waals surface area contributed by atoms with Crippen LogP contribution in [0.15, 0.2) is 53.8 Å². The molecule has 0 spiro atoms. The first-order chi connectivity index (χ1) is 19.9. The number of hydrogen-bond acceptors (Lipinski definition) is 8. The third-order valence-electron chi connectivity index (χ3n) is 7.75. The highest BCUT2D eigenvalue weighted by molar-refractivity contribution is 7.51. The van der Waals surface area contributed by atoms with Gasteiger partial charge in [0.2, 0.25) is 0 Å². The maximum Gasteiger partial charge on any atom is 0.325 e. The molecule has 0 bridgehead atoms. The molecule has 218 valence electrons. The molecular formula is C30H32N5O5PS. The number of rotatable bonds is 7. The van der Waals surface area contributed by atoms with Crippen molar-refractivity contribution in [1.29, 1.82) is 0 Å². The lowest BCUT2D eigenvalue weighted by molar-refractivity contribution is 0.0984. The SMILES string of the molecule is Cn1cc(-c2cccc(N3CCc4c(sc5c4CC(C)(C)C5)C3=O)c2COP(C)(=O)O)cc(Nc2ccncn2)c1=O. The number of carbonyl (C=O) groups is 1. The number of benzene rings is 1. The summed E-state index contributed by atoms with van der Waals surface area (Å²) < 4.78 is 19.1. The lowest BCUT2D eigenvalue weighted by Gasteiger charge is -2.30. The first-order valence-electron chi connectivity index (χ1n) is 13.7. The maximum absolute atomic E-state index is 14.0. The van der Waals surface area contributed by atoms with Gasteiger partial charge in [0.25, 0.3) is 11.5 Å². The molecule has 0 fully saturated rings. The molecule has 6 rings (SSSR count). The van der Waals surface area contributed by atoms with Crippen LogP contribution in [0.3, 0.4) is 0 Å². The standard InChI is InChI=1S/C30H32N5O5PS/c1-30(2)13-21-20-9-11-35(29(37)27(20)42-25(21)14-30)24-7-5-6-19(22(24)16-40-41(4,38)39)18-12-23(28(36)34(3)15-18)33-26-8-10-31-17-32-26/h5-8,10,12,15,17H,9,11,13-14,16H2,1-4H3,(H,38,39)(H,31,32,33). The van der Waals surface area contributed by atoms with Crippen molar-refractivity contribution in [3.8, 4) is 11.1 Å². The average Bonchev–Trinajstić information content (AvgIpc) is 3.42. The number of pyridine rings is 1. The van der Waals surface area contributed by atoms with Crippen molar-refractivity contribution in [2.24, 2.45) is 12.5 Å². The highest BCUT2D eigenvalue weighted by Gasteiger charge is 2.38. The molecule has 1 atom stereocenters. The normalized spacial score (nSPS) is 17.1. The van der Waals surface area contributed by atoms with Crippen LogP contribution in [0.5, 0.6) is 0 Å². The average molecular weight is 606 g/mol. The lowest BCUT2D eigenvalue weighted by atomic mass is 9.89. The van der Waals surface area contributed by atoms with Gasteiger partial charge in [0.15, 0.2) is 0 Å². The first-order valence-corrected chi connectivity index (χ1v) is 16.5. The third-order valence-corrected chi connectivity index (χ3v) is 9.62. The third kappa shape index (κ3) is 5.45. The van der Waals surface area contributed by atoms with E-state index in [2.05, 4.69) is 29.1 Å². The number of aromatic nitrogens is 3. The lowest BCUT2D eigenvalue weighted by Crippen LogP contribution is -2.37. The first kappa shape index (κ1) is 28.5. The van der Waals surface area contributed by atoms with Crippen LogP contribution in [0.25, 0.3) is 11.1 Å². The molecule has 4 aromatic rings. The zero-order chi connectivity index (χ0) is 29.8. The highest BCUT2D eigenvalue weighted by atomic mass is 32.1. The fourth-order valence-corrected chi connectivity index (χ4v) is 7.82. The van der Waals surface area contributed by atoms with Gasteiger partial charge in [0.05, 0.1) is 17.2 Å². The molecule has 1 aliphatic heterocycles. The van der Waals surface area contributed by atoms with Crippen LogP contribution >= 0.6 is 18.9 Å². The van der Waals surface area contributed by atoms with Crippen LogP contribution in [-0.2, 0) is 42.0 Å². The van der Waals surface area contributed by atoms with Gasteiger partial charge in [0.1, 0.15) is 17.8 Å². The fourth-order valence-electron chi connectivity index (χ4n) is 5.88. The van der Waals surface area contributed by atoms with Gasteiger partial charge in [-0.25, -0.2) is 9.97 Å². The van der Waals surface area contributed by atoms with E-state index < -0.39 is 7.60 Å². The second-order valence-corrected chi connectivity index (χ2v) is 14.7. The molecule has 0 saturated heterocycles. The van der Waals surface area contributed by atoms with E-state index in [0.29, 0.717) is 40.4 Å². The highest BCUT2D eigenvalue weighted by Crippen LogP contribution is 2.47.